The van der Waals surface area contributed by atoms with E-state index in [0.717, 1.165) is 0 Å². The summed E-state index contributed by atoms with van der Waals surface area (Å²) in [4.78, 5) is 46.7. The molecular weight excluding hydrogens is 617 g/mol. The quantitative estimate of drug-likeness (QED) is 0.233. The normalized spacial score (nSPS) is 25.0. The molecule has 31 heavy (non-hydrogen) atoms. The number of ether oxygens (including phenoxy) is 5. The average molecular weight is 641 g/mol. The van der Waals surface area contributed by atoms with Gasteiger partial charge < -0.3 is 0 Å². The number of hydrogen-bond acceptors (Lipinski definition) is 10. The van der Waals surface area contributed by atoms with Gasteiger partial charge in [0.15, 0.2) is 0 Å². The first kappa shape index (κ1) is 25.6. The molecule has 11 heteroatoms. The zero-order valence-electron chi connectivity index (χ0n) is 17.8. The second kappa shape index (κ2) is 12.4. The molecule has 0 amide bonds. The molecule has 1 aromatic rings. The van der Waals surface area contributed by atoms with E-state index in [9.17, 15) is 19.2 Å². The van der Waals surface area contributed by atoms with Crippen LogP contribution in [0.2, 0.25) is 0 Å². The molecule has 1 aliphatic rings. The van der Waals surface area contributed by atoms with Gasteiger partial charge in [-0.2, -0.15) is 0 Å². The van der Waals surface area contributed by atoms with Gasteiger partial charge in [-0.05, 0) is 0 Å². The van der Waals surface area contributed by atoms with Crippen molar-refractivity contribution in [1.29, 1.82) is 0 Å². The molecule has 0 saturated carbocycles. The molecule has 5 atom stereocenters. The van der Waals surface area contributed by atoms with Gasteiger partial charge in [0.05, 0.1) is 0 Å². The zero-order chi connectivity index (χ0) is 23.0. The first-order valence-corrected chi connectivity index (χ1v) is 20.2. The summed E-state index contributed by atoms with van der Waals surface area (Å²) >= 11 is -1.77. The monoisotopic (exact) mass is 642 g/mol. The Hall–Kier alpha value is -1.65. The van der Waals surface area contributed by atoms with Gasteiger partial charge in [0.25, 0.3) is 0 Å². The molecule has 0 bridgehead atoms. The predicted octanol–water partition coefficient (Wildman–Crippen LogP) is 1.13. The van der Waals surface area contributed by atoms with Crippen LogP contribution in [0.4, 0.5) is 0 Å². The molecule has 0 N–H and O–H groups in total. The Morgan fingerprint density at radius 2 is 1.39 bits per heavy atom. The van der Waals surface area contributed by atoms with Gasteiger partial charge in [0.2, 0.25) is 0 Å². The molecule has 1 aromatic carbocycles. The molecule has 0 spiro atoms. The van der Waals surface area contributed by atoms with E-state index < -0.39 is 76.8 Å². The van der Waals surface area contributed by atoms with Crippen LogP contribution in [-0.4, -0.2) is 60.3 Å². The molecule has 0 radical (unpaired) electrons. The van der Waals surface area contributed by atoms with Crippen molar-refractivity contribution in [2.75, 3.05) is 6.61 Å². The molecule has 0 unspecified atom stereocenters. The van der Waals surface area contributed by atoms with E-state index in [0.29, 0.717) is 0 Å². The first-order chi connectivity index (χ1) is 14.7. The molecule has 0 aliphatic carbocycles. The Balaban J connectivity index is 2.35. The summed E-state index contributed by atoms with van der Waals surface area (Å²) in [7, 11) is 1.54. The van der Waals surface area contributed by atoms with Gasteiger partial charge in [-0.3, -0.25) is 0 Å². The number of carbonyl (C=O) groups is 4. The van der Waals surface area contributed by atoms with E-state index in [2.05, 4.69) is 0 Å². The first-order valence-electron chi connectivity index (χ1n) is 9.63. The summed E-state index contributed by atoms with van der Waals surface area (Å²) in [6.45, 7) is 4.67. The third-order valence-electron chi connectivity index (χ3n) is 4.21. The molecule has 1 fully saturated rings. The van der Waals surface area contributed by atoms with Crippen LogP contribution >= 0.6 is 8.24 Å². The fourth-order valence-electron chi connectivity index (χ4n) is 3.08. The van der Waals surface area contributed by atoms with Crippen LogP contribution in [0.5, 0.6) is 0 Å². The molecule has 1 heterocycles. The summed E-state index contributed by atoms with van der Waals surface area (Å²) in [5, 5.41) is 0. The van der Waals surface area contributed by atoms with Crippen molar-refractivity contribution in [3.05, 3.63) is 30.3 Å². The summed E-state index contributed by atoms with van der Waals surface area (Å²) in [5.74, 6) is -2.41. The average Bonchev–Trinajstić information content (AvgIpc) is 2.68. The number of carbonyl (C=O) groups excluding carboxylic acids is 4. The molecule has 0 aromatic heterocycles. The van der Waals surface area contributed by atoms with Gasteiger partial charge in [0, 0.05) is 0 Å². The van der Waals surface area contributed by atoms with E-state index in [1.807, 2.05) is 30.3 Å². The van der Waals surface area contributed by atoms with Gasteiger partial charge in [0.1, 0.15) is 0 Å². The summed E-state index contributed by atoms with van der Waals surface area (Å²) in [6, 6.07) is 9.88. The van der Waals surface area contributed by atoms with Crippen molar-refractivity contribution in [1.82, 2.24) is 0 Å². The van der Waals surface area contributed by atoms with Gasteiger partial charge in [-0.25, -0.2) is 0 Å². The third kappa shape index (κ3) is 8.42. The molecule has 1 saturated heterocycles. The standard InChI is InChI=1S/C14H20O9S.C6H5.Hg/c1-6(15)19-5-10-11(20-7(2)16)12(21-8(3)17)13(14(24)23-10)22-9(4)18;1-2-4-6-5-3-1;/h10-14,24H,5H2,1-4H3;1-5H;/q;;+1/p-1/t10-,11-,12+,13-,14+;;/m1../s1. The van der Waals surface area contributed by atoms with Crippen LogP contribution in [0, 0.1) is 0 Å². The minimum atomic E-state index is -1.77. The van der Waals surface area contributed by atoms with Crippen LogP contribution in [0.1, 0.15) is 27.7 Å². The maximum atomic E-state index is 11.8. The molecule has 9 nitrogen and oxygen atoms in total. The third-order valence-corrected chi connectivity index (χ3v) is 16.9. The maximum absolute atomic E-state index is 11.8. The summed E-state index contributed by atoms with van der Waals surface area (Å²) in [6.07, 6.45) is -4.12. The van der Waals surface area contributed by atoms with E-state index in [1.165, 1.54) is 30.8 Å². The Morgan fingerprint density at radius 3 is 1.94 bits per heavy atom. The summed E-state index contributed by atoms with van der Waals surface area (Å²) in [5.41, 5.74) is -0.678. The van der Waals surface area contributed by atoms with Gasteiger partial charge in [-0.1, -0.05) is 0 Å². The van der Waals surface area contributed by atoms with Crippen molar-refractivity contribution in [3.63, 3.8) is 0 Å². The van der Waals surface area contributed by atoms with Crippen LogP contribution in [0.25, 0.3) is 0 Å². The molecule has 166 valence electrons. The fourth-order valence-corrected chi connectivity index (χ4v) is 14.8. The topological polar surface area (TPSA) is 114 Å². The van der Waals surface area contributed by atoms with Gasteiger partial charge in [-0.15, -0.1) is 0 Å². The number of esters is 4. The van der Waals surface area contributed by atoms with Crippen molar-refractivity contribution < 1.29 is 65.9 Å². The van der Waals surface area contributed by atoms with Crippen molar-refractivity contribution in [2.45, 2.75) is 57.5 Å². The van der Waals surface area contributed by atoms with Crippen molar-refractivity contribution in [3.8, 4) is 0 Å². The van der Waals surface area contributed by atoms with Crippen LogP contribution in [0.15, 0.2) is 30.3 Å². The Kier molecular flexibility index (Phi) is 10.2. The van der Waals surface area contributed by atoms with E-state index >= 15 is 0 Å². The van der Waals surface area contributed by atoms with Crippen molar-refractivity contribution in [2.24, 2.45) is 0 Å². The molecular formula is C20H24HgO9S. The number of rotatable bonds is 8. The summed E-state index contributed by atoms with van der Waals surface area (Å²) < 4.78 is 28.7. The second-order valence-corrected chi connectivity index (χ2v) is 18.4. The fraction of sp³-hybridized carbons (Fsp3) is 0.500. The SMILES string of the molecule is CC(=O)OC[C@H]1O[C@@H]([S][Hg][c]2ccccc2)[C@H](OC(C)=O)[C@@H](OC(C)=O)[C@@H]1OC(C)=O. The van der Waals surface area contributed by atoms with E-state index in [4.69, 9.17) is 23.7 Å². The van der Waals surface area contributed by atoms with E-state index in [1.54, 1.807) is 8.24 Å². The Morgan fingerprint density at radius 1 is 0.839 bits per heavy atom. The molecule has 1 aliphatic heterocycles. The number of benzene rings is 1. The van der Waals surface area contributed by atoms with Crippen LogP contribution in [0.3, 0.4) is 0 Å². The van der Waals surface area contributed by atoms with Crippen molar-refractivity contribution >= 4 is 35.2 Å². The number of hydrogen-bond donors (Lipinski definition) is 0. The van der Waals surface area contributed by atoms with Gasteiger partial charge >= 0.3 is 196 Å². The van der Waals surface area contributed by atoms with Crippen LogP contribution in [-0.2, 0) is 65.9 Å². The Labute approximate surface area is 195 Å². The zero-order valence-corrected chi connectivity index (χ0v) is 24.1. The minimum absolute atomic E-state index is 0.211. The second-order valence-electron chi connectivity index (χ2n) is 6.86. The molecule has 2 rings (SSSR count). The predicted molar refractivity (Wildman–Crippen MR) is 106 cm³/mol. The van der Waals surface area contributed by atoms with E-state index in [-0.39, 0.29) is 6.61 Å². The Bertz CT molecular complexity index is 788. The van der Waals surface area contributed by atoms with Crippen LogP contribution < -0.4 is 3.07 Å².